The summed E-state index contributed by atoms with van der Waals surface area (Å²) in [6.07, 6.45) is 44.6. The molecule has 0 aromatic heterocycles. The molecule has 41 heavy (non-hydrogen) atoms. The molecule has 248 valence electrons. The highest BCUT2D eigenvalue weighted by Gasteiger charge is 2.33. The summed E-state index contributed by atoms with van der Waals surface area (Å²) in [5.74, 6) is 0. The maximum atomic E-state index is 6.97. The number of hydrogen-bond acceptors (Lipinski definition) is 1. The van der Waals surface area contributed by atoms with Gasteiger partial charge in [0, 0.05) is 6.61 Å². The monoisotopic (exact) mass is 595 g/mol. The van der Waals surface area contributed by atoms with Crippen LogP contribution in [-0.2, 0) is 4.43 Å². The van der Waals surface area contributed by atoms with Crippen LogP contribution in [0.3, 0.4) is 0 Å². The van der Waals surface area contributed by atoms with Crippen LogP contribution in [0.4, 0.5) is 0 Å². The Bertz CT molecular complexity index is 405. The fraction of sp³-hybridized carbons (Fsp3) is 1.00. The first-order valence-corrected chi connectivity index (χ1v) is 22.4. The van der Waals surface area contributed by atoms with Crippen molar-refractivity contribution in [3.05, 3.63) is 0 Å². The van der Waals surface area contributed by atoms with E-state index >= 15 is 0 Å². The molecule has 0 bridgehead atoms. The van der Waals surface area contributed by atoms with Crippen LogP contribution in [0.25, 0.3) is 0 Å². The minimum atomic E-state index is -1.59. The first-order valence-electron chi connectivity index (χ1n) is 19.9. The minimum absolute atomic E-state index is 1.03. The van der Waals surface area contributed by atoms with Crippen molar-refractivity contribution in [2.24, 2.45) is 0 Å². The lowest BCUT2D eigenvalue weighted by Crippen LogP contribution is -2.38. The van der Waals surface area contributed by atoms with E-state index in [2.05, 4.69) is 27.7 Å². The molecule has 0 amide bonds. The quantitative estimate of drug-likeness (QED) is 0.0518. The van der Waals surface area contributed by atoms with E-state index in [9.17, 15) is 0 Å². The van der Waals surface area contributed by atoms with E-state index in [4.69, 9.17) is 4.43 Å². The lowest BCUT2D eigenvalue weighted by Gasteiger charge is -2.32. The molecule has 2 heteroatoms. The molecule has 0 saturated heterocycles. The van der Waals surface area contributed by atoms with Crippen molar-refractivity contribution in [2.75, 3.05) is 6.61 Å². The van der Waals surface area contributed by atoms with Crippen LogP contribution in [0.5, 0.6) is 0 Å². The third kappa shape index (κ3) is 30.0. The van der Waals surface area contributed by atoms with E-state index in [0.717, 1.165) is 6.61 Å². The zero-order valence-electron chi connectivity index (χ0n) is 29.7. The molecule has 0 unspecified atom stereocenters. The second-order valence-electron chi connectivity index (χ2n) is 13.8. The van der Waals surface area contributed by atoms with Crippen molar-refractivity contribution in [3.63, 3.8) is 0 Å². The van der Waals surface area contributed by atoms with E-state index in [1.807, 2.05) is 0 Å². The zero-order chi connectivity index (χ0) is 30.0. The predicted octanol–water partition coefficient (Wildman–Crippen LogP) is 15.1. The first kappa shape index (κ1) is 41.2. The Morgan fingerprint density at radius 3 is 0.707 bits per heavy atom. The van der Waals surface area contributed by atoms with Gasteiger partial charge in [-0.05, 0) is 24.6 Å². The molecule has 0 aromatic rings. The van der Waals surface area contributed by atoms with Gasteiger partial charge in [-0.3, -0.25) is 0 Å². The number of hydrogen-bond donors (Lipinski definition) is 0. The average molecular weight is 595 g/mol. The van der Waals surface area contributed by atoms with Crippen LogP contribution in [0.2, 0.25) is 18.1 Å². The van der Waals surface area contributed by atoms with Gasteiger partial charge in [-0.1, -0.05) is 220 Å². The predicted molar refractivity (Wildman–Crippen MR) is 192 cm³/mol. The summed E-state index contributed by atoms with van der Waals surface area (Å²) < 4.78 is 6.97. The second kappa shape index (κ2) is 34.7. The molecule has 1 nitrogen and oxygen atoms in total. The molecule has 0 heterocycles. The average Bonchev–Trinajstić information content (AvgIpc) is 2.98. The maximum absolute atomic E-state index is 6.97. The van der Waals surface area contributed by atoms with Gasteiger partial charge < -0.3 is 4.43 Å². The topological polar surface area (TPSA) is 9.23 Å². The van der Waals surface area contributed by atoms with E-state index in [0.29, 0.717) is 0 Å². The third-order valence-electron chi connectivity index (χ3n) is 9.57. The lowest BCUT2D eigenvalue weighted by molar-refractivity contribution is 0.292. The Kier molecular flexibility index (Phi) is 34.8. The normalized spacial score (nSPS) is 12.0. The Hall–Kier alpha value is 0.177. The summed E-state index contributed by atoms with van der Waals surface area (Å²) in [4.78, 5) is 0. The molecule has 0 radical (unpaired) electrons. The summed E-state index contributed by atoms with van der Waals surface area (Å²) in [5.41, 5.74) is 0. The highest BCUT2D eigenvalue weighted by atomic mass is 28.4. The number of unbranched alkanes of at least 4 members (excludes halogenated alkanes) is 27. The first-order chi connectivity index (χ1) is 20.2. The van der Waals surface area contributed by atoms with E-state index in [1.54, 1.807) is 0 Å². The molecule has 0 spiro atoms. The maximum Gasteiger partial charge on any atom is 0.192 e. The fourth-order valence-electron chi connectivity index (χ4n) is 6.71. The molecule has 0 N–H and O–H groups in total. The van der Waals surface area contributed by atoms with Gasteiger partial charge in [0.2, 0.25) is 0 Å². The summed E-state index contributed by atoms with van der Waals surface area (Å²) in [5, 5.41) is 0. The largest absolute Gasteiger partial charge is 0.417 e. The SMILES string of the molecule is CCCCCCCCCCCC[Si](CCCCCCCCCCCC)(CCCCCCCCCCCC)OCCC. The Morgan fingerprint density at radius 1 is 0.268 bits per heavy atom. The molecule has 0 aliphatic heterocycles. The highest BCUT2D eigenvalue weighted by Crippen LogP contribution is 2.31. The van der Waals surface area contributed by atoms with Gasteiger partial charge in [-0.2, -0.15) is 0 Å². The molecule has 0 rings (SSSR count). The van der Waals surface area contributed by atoms with E-state index in [1.165, 1.54) is 217 Å². The second-order valence-corrected chi connectivity index (χ2v) is 18.0. The lowest BCUT2D eigenvalue weighted by atomic mass is 10.1. The zero-order valence-corrected chi connectivity index (χ0v) is 30.7. The molecule has 0 fully saturated rings. The molecule has 0 aromatic carbocycles. The van der Waals surface area contributed by atoms with Crippen LogP contribution in [-0.4, -0.2) is 14.9 Å². The van der Waals surface area contributed by atoms with Crippen molar-refractivity contribution in [2.45, 2.75) is 245 Å². The molecule has 0 aliphatic carbocycles. The Balaban J connectivity index is 4.47. The molecular weight excluding hydrogens is 513 g/mol. The van der Waals surface area contributed by atoms with E-state index in [-0.39, 0.29) is 0 Å². The van der Waals surface area contributed by atoms with Crippen LogP contribution in [0.1, 0.15) is 227 Å². The van der Waals surface area contributed by atoms with Gasteiger partial charge in [-0.15, -0.1) is 0 Å². The van der Waals surface area contributed by atoms with Crippen LogP contribution >= 0.6 is 0 Å². The fourth-order valence-corrected chi connectivity index (χ4v) is 11.2. The van der Waals surface area contributed by atoms with Gasteiger partial charge >= 0.3 is 0 Å². The van der Waals surface area contributed by atoms with Gasteiger partial charge in [0.15, 0.2) is 8.32 Å². The van der Waals surface area contributed by atoms with Gasteiger partial charge in [0.1, 0.15) is 0 Å². The van der Waals surface area contributed by atoms with Gasteiger partial charge in [0.25, 0.3) is 0 Å². The van der Waals surface area contributed by atoms with Crippen molar-refractivity contribution >= 4 is 8.32 Å². The third-order valence-corrected chi connectivity index (χ3v) is 14.2. The summed E-state index contributed by atoms with van der Waals surface area (Å²) >= 11 is 0. The summed E-state index contributed by atoms with van der Waals surface area (Å²) in [6.45, 7) is 10.3. The van der Waals surface area contributed by atoms with Gasteiger partial charge in [0.05, 0.1) is 0 Å². The van der Waals surface area contributed by atoms with Crippen molar-refractivity contribution in [1.29, 1.82) is 0 Å². The smallest absolute Gasteiger partial charge is 0.192 e. The Labute approximate surface area is 263 Å². The standard InChI is InChI=1S/C39H82OSi/c1-5-9-12-15-18-21-24-27-30-33-37-41(40-36-8-4,38-34-31-28-25-22-19-16-13-10-6-2)39-35-32-29-26-23-20-17-14-11-7-3/h5-39H2,1-4H3. The summed E-state index contributed by atoms with van der Waals surface area (Å²) in [6, 6.07) is 4.37. The van der Waals surface area contributed by atoms with Crippen LogP contribution < -0.4 is 0 Å². The molecule has 0 atom stereocenters. The van der Waals surface area contributed by atoms with Gasteiger partial charge in [-0.25, -0.2) is 0 Å². The molecule has 0 aliphatic rings. The number of rotatable bonds is 36. The highest BCUT2D eigenvalue weighted by molar-refractivity contribution is 6.73. The minimum Gasteiger partial charge on any atom is -0.417 e. The van der Waals surface area contributed by atoms with Crippen molar-refractivity contribution < 1.29 is 4.43 Å². The summed E-state index contributed by atoms with van der Waals surface area (Å²) in [7, 11) is -1.59. The molecular formula is C39H82OSi. The van der Waals surface area contributed by atoms with Crippen molar-refractivity contribution in [1.82, 2.24) is 0 Å². The Morgan fingerprint density at radius 2 is 0.488 bits per heavy atom. The van der Waals surface area contributed by atoms with Crippen molar-refractivity contribution in [3.8, 4) is 0 Å². The van der Waals surface area contributed by atoms with Crippen LogP contribution in [0, 0.1) is 0 Å². The molecule has 0 saturated carbocycles. The van der Waals surface area contributed by atoms with Crippen LogP contribution in [0.15, 0.2) is 0 Å². The van der Waals surface area contributed by atoms with E-state index < -0.39 is 8.32 Å².